The molecule has 3 aromatic carbocycles. The fourth-order valence-electron chi connectivity index (χ4n) is 3.57. The van der Waals surface area contributed by atoms with Crippen LogP contribution >= 0.6 is 23.2 Å². The summed E-state index contributed by atoms with van der Waals surface area (Å²) in [6.45, 7) is 5.96. The first-order valence-electron chi connectivity index (χ1n) is 11.5. The van der Waals surface area contributed by atoms with E-state index in [-0.39, 0.29) is 22.3 Å². The maximum atomic E-state index is 13.9. The van der Waals surface area contributed by atoms with Crippen LogP contribution in [0.15, 0.2) is 76.0 Å². The molecule has 0 fully saturated rings. The molecule has 1 heterocycles. The zero-order valence-corrected chi connectivity index (χ0v) is 22.4. The summed E-state index contributed by atoms with van der Waals surface area (Å²) in [5.41, 5.74) is -0.132. The predicted octanol–water partition coefficient (Wildman–Crippen LogP) is 8.83. The Hall–Kier alpha value is -3.75. The normalized spacial score (nSPS) is 12.2. The standard InChI is InChI=1S/C29H21Cl2F3O5/c1-28(2,3)17-6-8-18(9-7-17)38-26-25(36)20-11-10-19(15-23(20)39-27(26)29(32,33)34)37-24(35)13-5-16-4-12-21(30)22(31)14-16/h4-15H,1-3H3/b13-5+. The Morgan fingerprint density at radius 2 is 1.56 bits per heavy atom. The topological polar surface area (TPSA) is 65.7 Å². The maximum absolute atomic E-state index is 13.9. The number of alkyl halides is 3. The van der Waals surface area contributed by atoms with Crippen LogP contribution in [0.25, 0.3) is 17.0 Å². The van der Waals surface area contributed by atoms with E-state index in [0.717, 1.165) is 17.7 Å². The predicted molar refractivity (Wildman–Crippen MR) is 144 cm³/mol. The second-order valence-corrected chi connectivity index (χ2v) is 10.4. The molecule has 0 amide bonds. The quantitative estimate of drug-likeness (QED) is 0.135. The Bertz CT molecular complexity index is 1630. The number of esters is 1. The molecule has 0 atom stereocenters. The van der Waals surface area contributed by atoms with E-state index in [1.165, 1.54) is 36.4 Å². The summed E-state index contributed by atoms with van der Waals surface area (Å²) < 4.78 is 57.3. The smallest absolute Gasteiger partial charge is 0.449 e. The van der Waals surface area contributed by atoms with Crippen LogP contribution in [0.2, 0.25) is 10.0 Å². The van der Waals surface area contributed by atoms with Gasteiger partial charge in [0.25, 0.3) is 5.76 Å². The largest absolute Gasteiger partial charge is 0.453 e. The van der Waals surface area contributed by atoms with E-state index in [2.05, 4.69) is 0 Å². The van der Waals surface area contributed by atoms with Crippen LogP contribution in [-0.4, -0.2) is 5.97 Å². The van der Waals surface area contributed by atoms with Gasteiger partial charge in [-0.25, -0.2) is 4.79 Å². The fraction of sp³-hybridized carbons (Fsp3) is 0.172. The van der Waals surface area contributed by atoms with Gasteiger partial charge in [0.1, 0.15) is 17.1 Å². The van der Waals surface area contributed by atoms with Crippen LogP contribution in [0.4, 0.5) is 13.2 Å². The summed E-state index contributed by atoms with van der Waals surface area (Å²) >= 11 is 11.8. The lowest BCUT2D eigenvalue weighted by Crippen LogP contribution is -2.16. The molecule has 0 N–H and O–H groups in total. The van der Waals surface area contributed by atoms with E-state index < -0.39 is 34.7 Å². The lowest BCUT2D eigenvalue weighted by Gasteiger charge is -2.19. The Kier molecular flexibility index (Phi) is 7.82. The van der Waals surface area contributed by atoms with Crippen LogP contribution in [0.3, 0.4) is 0 Å². The molecule has 39 heavy (non-hydrogen) atoms. The van der Waals surface area contributed by atoms with Gasteiger partial charge in [-0.2, -0.15) is 13.2 Å². The van der Waals surface area contributed by atoms with Crippen molar-refractivity contribution < 1.29 is 31.9 Å². The van der Waals surface area contributed by atoms with Gasteiger partial charge in [-0.05, 0) is 59.0 Å². The van der Waals surface area contributed by atoms with E-state index in [1.54, 1.807) is 24.3 Å². The third-order valence-corrected chi connectivity index (χ3v) is 6.33. The van der Waals surface area contributed by atoms with Crippen molar-refractivity contribution in [3.63, 3.8) is 0 Å². The number of hydrogen-bond donors (Lipinski definition) is 0. The number of hydrogen-bond acceptors (Lipinski definition) is 5. The van der Waals surface area contributed by atoms with Gasteiger partial charge < -0.3 is 13.9 Å². The van der Waals surface area contributed by atoms with Gasteiger partial charge in [-0.15, -0.1) is 0 Å². The molecule has 0 saturated carbocycles. The van der Waals surface area contributed by atoms with Crippen molar-refractivity contribution in [1.82, 2.24) is 0 Å². The van der Waals surface area contributed by atoms with Gasteiger partial charge in [0, 0.05) is 12.1 Å². The summed E-state index contributed by atoms with van der Waals surface area (Å²) in [6.07, 6.45) is -2.52. The average Bonchev–Trinajstić information content (AvgIpc) is 2.85. The van der Waals surface area contributed by atoms with Crippen molar-refractivity contribution in [1.29, 1.82) is 0 Å². The second-order valence-electron chi connectivity index (χ2n) is 9.55. The fourth-order valence-corrected chi connectivity index (χ4v) is 3.88. The first-order chi connectivity index (χ1) is 18.2. The highest BCUT2D eigenvalue weighted by atomic mass is 35.5. The Balaban J connectivity index is 1.64. The third-order valence-electron chi connectivity index (χ3n) is 5.59. The van der Waals surface area contributed by atoms with E-state index in [4.69, 9.17) is 37.1 Å². The molecular weight excluding hydrogens is 556 g/mol. The van der Waals surface area contributed by atoms with Crippen LogP contribution in [0, 0.1) is 0 Å². The zero-order valence-electron chi connectivity index (χ0n) is 20.9. The first kappa shape index (κ1) is 28.3. The number of halogens is 5. The van der Waals surface area contributed by atoms with Crippen molar-refractivity contribution >= 4 is 46.2 Å². The number of ether oxygens (including phenoxy) is 2. The van der Waals surface area contributed by atoms with Crippen molar-refractivity contribution in [2.75, 3.05) is 0 Å². The molecule has 0 saturated heterocycles. The van der Waals surface area contributed by atoms with E-state index >= 15 is 0 Å². The minimum atomic E-state index is -5.04. The van der Waals surface area contributed by atoms with Crippen molar-refractivity contribution in [3.05, 3.63) is 104 Å². The molecule has 4 rings (SSSR count). The molecule has 0 bridgehead atoms. The number of fused-ring (bicyclic) bond motifs is 1. The number of carbonyl (C=O) groups excluding carboxylic acids is 1. The van der Waals surface area contributed by atoms with Crippen molar-refractivity contribution in [3.8, 4) is 17.2 Å². The van der Waals surface area contributed by atoms with Crippen LogP contribution in [-0.2, 0) is 16.4 Å². The minimum Gasteiger partial charge on any atom is -0.449 e. The molecule has 0 aliphatic heterocycles. The molecule has 10 heteroatoms. The van der Waals surface area contributed by atoms with Gasteiger partial charge in [-0.1, -0.05) is 62.2 Å². The third kappa shape index (κ3) is 6.64. The van der Waals surface area contributed by atoms with Gasteiger partial charge in [0.15, 0.2) is 0 Å². The summed E-state index contributed by atoms with van der Waals surface area (Å²) in [7, 11) is 0. The van der Waals surface area contributed by atoms with Gasteiger partial charge in [-0.3, -0.25) is 4.79 Å². The lowest BCUT2D eigenvalue weighted by molar-refractivity contribution is -0.154. The molecule has 0 aliphatic rings. The zero-order chi connectivity index (χ0) is 28.5. The number of benzene rings is 3. The average molecular weight is 577 g/mol. The molecule has 202 valence electrons. The summed E-state index contributed by atoms with van der Waals surface area (Å²) in [6, 6.07) is 14.6. The van der Waals surface area contributed by atoms with Crippen LogP contribution in [0.5, 0.6) is 17.2 Å². The molecule has 0 radical (unpaired) electrons. The highest BCUT2D eigenvalue weighted by molar-refractivity contribution is 6.42. The maximum Gasteiger partial charge on any atom is 0.453 e. The Morgan fingerprint density at radius 1 is 0.897 bits per heavy atom. The summed E-state index contributed by atoms with van der Waals surface area (Å²) in [5, 5.41) is 0.456. The first-order valence-corrected chi connectivity index (χ1v) is 12.3. The number of carbonyl (C=O) groups is 1. The molecular formula is C29H21Cl2F3O5. The molecule has 5 nitrogen and oxygen atoms in total. The summed E-state index contributed by atoms with van der Waals surface area (Å²) in [4.78, 5) is 25.3. The molecule has 4 aromatic rings. The Labute approximate surface area is 231 Å². The molecule has 0 unspecified atom stereocenters. The van der Waals surface area contributed by atoms with Crippen LogP contribution < -0.4 is 14.9 Å². The Morgan fingerprint density at radius 3 is 2.18 bits per heavy atom. The van der Waals surface area contributed by atoms with Crippen LogP contribution in [0.1, 0.15) is 37.7 Å². The highest BCUT2D eigenvalue weighted by Gasteiger charge is 2.40. The van der Waals surface area contributed by atoms with Gasteiger partial charge in [0.05, 0.1) is 15.4 Å². The van der Waals surface area contributed by atoms with E-state index in [1.807, 2.05) is 20.8 Å². The monoisotopic (exact) mass is 576 g/mol. The van der Waals surface area contributed by atoms with Gasteiger partial charge >= 0.3 is 12.1 Å². The molecule has 1 aromatic heterocycles. The number of rotatable bonds is 5. The summed E-state index contributed by atoms with van der Waals surface area (Å²) in [5.74, 6) is -3.51. The lowest BCUT2D eigenvalue weighted by atomic mass is 9.87. The van der Waals surface area contributed by atoms with Crippen molar-refractivity contribution in [2.24, 2.45) is 0 Å². The molecule has 0 aliphatic carbocycles. The minimum absolute atomic E-state index is 0.0412. The van der Waals surface area contributed by atoms with E-state index in [0.29, 0.717) is 15.6 Å². The SMILES string of the molecule is CC(C)(C)c1ccc(Oc2c(C(F)(F)F)oc3cc(OC(=O)/C=C/c4ccc(Cl)c(Cl)c4)ccc3c2=O)cc1. The molecule has 0 spiro atoms. The highest BCUT2D eigenvalue weighted by Crippen LogP contribution is 2.39. The van der Waals surface area contributed by atoms with E-state index in [9.17, 15) is 22.8 Å². The van der Waals surface area contributed by atoms with Crippen molar-refractivity contribution in [2.45, 2.75) is 32.4 Å². The van der Waals surface area contributed by atoms with Gasteiger partial charge in [0.2, 0.25) is 11.2 Å². The second kappa shape index (κ2) is 10.8.